The molecular formula is C9H11BrN2O3. The first-order valence-corrected chi connectivity index (χ1v) is 4.93. The first kappa shape index (κ1) is 11.8. The van der Waals surface area contributed by atoms with Crippen LogP contribution in [0.4, 0.5) is 0 Å². The van der Waals surface area contributed by atoms with E-state index in [9.17, 15) is 4.79 Å². The number of ether oxygens (including phenoxy) is 2. The van der Waals surface area contributed by atoms with Crippen LogP contribution in [0, 0.1) is 0 Å². The Bertz CT molecular complexity index is 357. The minimum atomic E-state index is -0.409. The third-order valence-corrected chi connectivity index (χ3v) is 2.28. The number of halogens is 1. The molecule has 5 nitrogen and oxygen atoms in total. The number of hydrogen-bond acceptors (Lipinski definition) is 4. The van der Waals surface area contributed by atoms with Gasteiger partial charge in [-0.05, 0) is 28.1 Å². The van der Waals surface area contributed by atoms with Gasteiger partial charge in [-0.15, -0.1) is 0 Å². The summed E-state index contributed by atoms with van der Waals surface area (Å²) < 4.78 is 11.0. The number of methoxy groups -OCH3 is 1. The molecule has 0 atom stereocenters. The van der Waals surface area contributed by atoms with Crippen molar-refractivity contribution in [2.24, 2.45) is 5.84 Å². The van der Waals surface area contributed by atoms with Crippen LogP contribution < -0.4 is 20.7 Å². The van der Waals surface area contributed by atoms with Crippen molar-refractivity contribution in [1.29, 1.82) is 0 Å². The molecule has 0 radical (unpaired) electrons. The molecule has 1 rings (SSSR count). The Labute approximate surface area is 95.6 Å². The molecule has 0 aliphatic heterocycles. The molecule has 0 aliphatic rings. The molecule has 0 saturated carbocycles. The van der Waals surface area contributed by atoms with Crippen LogP contribution in [-0.2, 0) is 4.79 Å². The molecule has 0 aromatic heterocycles. The van der Waals surface area contributed by atoms with E-state index in [-0.39, 0.29) is 6.61 Å². The van der Waals surface area contributed by atoms with Gasteiger partial charge in [0.15, 0.2) is 18.1 Å². The van der Waals surface area contributed by atoms with Gasteiger partial charge in [0.1, 0.15) is 0 Å². The lowest BCUT2D eigenvalue weighted by Gasteiger charge is -2.11. The molecular weight excluding hydrogens is 264 g/mol. The van der Waals surface area contributed by atoms with Crippen LogP contribution in [0.25, 0.3) is 0 Å². The third-order valence-electron chi connectivity index (χ3n) is 1.66. The number of nitrogens with one attached hydrogen (secondary N) is 1. The predicted octanol–water partition coefficient (Wildman–Crippen LogP) is 0.826. The van der Waals surface area contributed by atoms with Crippen LogP contribution in [0.2, 0.25) is 0 Å². The van der Waals surface area contributed by atoms with Crippen molar-refractivity contribution in [3.05, 3.63) is 22.7 Å². The van der Waals surface area contributed by atoms with Crippen molar-refractivity contribution in [3.8, 4) is 11.5 Å². The SMILES string of the molecule is COc1cccc(Br)c1OCC(=O)NN. The average molecular weight is 275 g/mol. The van der Waals surface area contributed by atoms with E-state index in [0.717, 1.165) is 0 Å². The molecule has 3 N–H and O–H groups in total. The Hall–Kier alpha value is -1.27. The fraction of sp³-hybridized carbons (Fsp3) is 0.222. The normalized spacial score (nSPS) is 9.53. The summed E-state index contributed by atoms with van der Waals surface area (Å²) in [6, 6.07) is 5.33. The van der Waals surface area contributed by atoms with E-state index < -0.39 is 5.91 Å². The first-order valence-electron chi connectivity index (χ1n) is 4.13. The number of carbonyl (C=O) groups is 1. The summed E-state index contributed by atoms with van der Waals surface area (Å²) in [6.45, 7) is -0.157. The number of hydrogen-bond donors (Lipinski definition) is 2. The highest BCUT2D eigenvalue weighted by molar-refractivity contribution is 9.10. The molecule has 6 heteroatoms. The van der Waals surface area contributed by atoms with Crippen LogP contribution >= 0.6 is 15.9 Å². The lowest BCUT2D eigenvalue weighted by atomic mass is 10.3. The highest BCUT2D eigenvalue weighted by Gasteiger charge is 2.09. The standard InChI is InChI=1S/C9H11BrN2O3/c1-14-7-4-2-3-6(10)9(7)15-5-8(13)12-11/h2-4H,5,11H2,1H3,(H,12,13). The molecule has 1 amide bonds. The number of nitrogens with two attached hydrogens (primary N) is 1. The van der Waals surface area contributed by atoms with E-state index >= 15 is 0 Å². The minimum Gasteiger partial charge on any atom is -0.493 e. The molecule has 0 fully saturated rings. The van der Waals surface area contributed by atoms with Gasteiger partial charge in [-0.3, -0.25) is 10.2 Å². The second kappa shape index (κ2) is 5.57. The minimum absolute atomic E-state index is 0.157. The summed E-state index contributed by atoms with van der Waals surface area (Å²) in [6.07, 6.45) is 0. The zero-order valence-corrected chi connectivity index (χ0v) is 9.71. The smallest absolute Gasteiger partial charge is 0.271 e. The van der Waals surface area contributed by atoms with Crippen LogP contribution in [0.3, 0.4) is 0 Å². The third kappa shape index (κ3) is 3.10. The van der Waals surface area contributed by atoms with E-state index in [1.807, 2.05) is 5.43 Å². The summed E-state index contributed by atoms with van der Waals surface area (Å²) in [5.74, 6) is 5.54. The zero-order valence-electron chi connectivity index (χ0n) is 8.12. The van der Waals surface area contributed by atoms with Gasteiger partial charge < -0.3 is 9.47 Å². The fourth-order valence-electron chi connectivity index (χ4n) is 0.969. The fourth-order valence-corrected chi connectivity index (χ4v) is 1.43. The zero-order chi connectivity index (χ0) is 11.3. The Morgan fingerprint density at radius 2 is 2.33 bits per heavy atom. The molecule has 15 heavy (non-hydrogen) atoms. The lowest BCUT2D eigenvalue weighted by Crippen LogP contribution is -2.34. The highest BCUT2D eigenvalue weighted by Crippen LogP contribution is 2.34. The van der Waals surface area contributed by atoms with Gasteiger partial charge >= 0.3 is 0 Å². The number of para-hydroxylation sites is 1. The summed E-state index contributed by atoms with van der Waals surface area (Å²) in [5.41, 5.74) is 1.97. The number of amides is 1. The van der Waals surface area contributed by atoms with Gasteiger partial charge in [-0.1, -0.05) is 6.07 Å². The molecule has 82 valence electrons. The second-order valence-electron chi connectivity index (χ2n) is 2.63. The molecule has 1 aromatic carbocycles. The van der Waals surface area contributed by atoms with Crippen molar-refractivity contribution in [3.63, 3.8) is 0 Å². The van der Waals surface area contributed by atoms with E-state index in [0.29, 0.717) is 16.0 Å². The Morgan fingerprint density at radius 1 is 1.60 bits per heavy atom. The van der Waals surface area contributed by atoms with Gasteiger partial charge in [-0.2, -0.15) is 0 Å². The van der Waals surface area contributed by atoms with Crippen molar-refractivity contribution >= 4 is 21.8 Å². The molecule has 1 aromatic rings. The first-order chi connectivity index (χ1) is 7.19. The van der Waals surface area contributed by atoms with E-state index in [2.05, 4.69) is 15.9 Å². The Balaban J connectivity index is 2.78. The molecule has 0 aliphatic carbocycles. The Morgan fingerprint density at radius 3 is 2.93 bits per heavy atom. The monoisotopic (exact) mass is 274 g/mol. The van der Waals surface area contributed by atoms with Gasteiger partial charge in [0.25, 0.3) is 5.91 Å². The summed E-state index contributed by atoms with van der Waals surface area (Å²) in [5, 5.41) is 0. The Kier molecular flexibility index (Phi) is 4.38. The molecule has 0 saturated heterocycles. The van der Waals surface area contributed by atoms with Gasteiger partial charge in [0.05, 0.1) is 11.6 Å². The van der Waals surface area contributed by atoms with Crippen molar-refractivity contribution in [2.75, 3.05) is 13.7 Å². The number of benzene rings is 1. The van der Waals surface area contributed by atoms with Crippen molar-refractivity contribution < 1.29 is 14.3 Å². The molecule has 0 heterocycles. The van der Waals surface area contributed by atoms with Crippen LogP contribution in [0.5, 0.6) is 11.5 Å². The topological polar surface area (TPSA) is 73.6 Å². The van der Waals surface area contributed by atoms with Gasteiger partial charge in [0.2, 0.25) is 0 Å². The lowest BCUT2D eigenvalue weighted by molar-refractivity contribution is -0.123. The highest BCUT2D eigenvalue weighted by atomic mass is 79.9. The van der Waals surface area contributed by atoms with E-state index in [1.54, 1.807) is 18.2 Å². The second-order valence-corrected chi connectivity index (χ2v) is 3.48. The molecule has 0 bridgehead atoms. The molecule has 0 spiro atoms. The summed E-state index contributed by atoms with van der Waals surface area (Å²) >= 11 is 3.29. The maximum Gasteiger partial charge on any atom is 0.271 e. The summed E-state index contributed by atoms with van der Waals surface area (Å²) in [4.78, 5) is 10.9. The molecule has 0 unspecified atom stereocenters. The number of hydrazine groups is 1. The van der Waals surface area contributed by atoms with Crippen LogP contribution in [0.15, 0.2) is 22.7 Å². The summed E-state index contributed by atoms with van der Waals surface area (Å²) in [7, 11) is 1.53. The maximum atomic E-state index is 10.9. The van der Waals surface area contributed by atoms with E-state index in [1.165, 1.54) is 7.11 Å². The largest absolute Gasteiger partial charge is 0.493 e. The average Bonchev–Trinajstić information content (AvgIpc) is 2.26. The van der Waals surface area contributed by atoms with Gasteiger partial charge in [0, 0.05) is 0 Å². The maximum absolute atomic E-state index is 10.9. The van der Waals surface area contributed by atoms with E-state index in [4.69, 9.17) is 15.3 Å². The van der Waals surface area contributed by atoms with Crippen molar-refractivity contribution in [1.82, 2.24) is 5.43 Å². The quantitative estimate of drug-likeness (QED) is 0.485. The van der Waals surface area contributed by atoms with Crippen LogP contribution in [0.1, 0.15) is 0 Å². The predicted molar refractivity (Wildman–Crippen MR) is 58.5 cm³/mol. The van der Waals surface area contributed by atoms with Crippen LogP contribution in [-0.4, -0.2) is 19.6 Å². The number of rotatable bonds is 4. The number of carbonyl (C=O) groups excluding carboxylic acids is 1. The van der Waals surface area contributed by atoms with Crippen molar-refractivity contribution in [2.45, 2.75) is 0 Å². The van der Waals surface area contributed by atoms with Gasteiger partial charge in [-0.25, -0.2) is 5.84 Å².